The predicted molar refractivity (Wildman–Crippen MR) is 73.0 cm³/mol. The monoisotopic (exact) mass is 256 g/mol. The smallest absolute Gasteiger partial charge is 0.143 e. The summed E-state index contributed by atoms with van der Waals surface area (Å²) < 4.78 is 15.3. The highest BCUT2D eigenvalue weighted by molar-refractivity contribution is 5.83. The molecule has 3 aromatic rings. The van der Waals surface area contributed by atoms with Crippen LogP contribution < -0.4 is 5.73 Å². The summed E-state index contributed by atoms with van der Waals surface area (Å²) in [5.74, 6) is 0.450. The number of rotatable bonds is 2. The van der Waals surface area contributed by atoms with Crippen LogP contribution in [0.4, 0.5) is 10.1 Å². The summed E-state index contributed by atoms with van der Waals surface area (Å²) >= 11 is 0. The summed E-state index contributed by atoms with van der Waals surface area (Å²) in [5.41, 5.74) is 8.85. The van der Waals surface area contributed by atoms with E-state index in [0.717, 1.165) is 23.4 Å². The zero-order valence-electron chi connectivity index (χ0n) is 10.5. The Morgan fingerprint density at radius 2 is 2.16 bits per heavy atom. The van der Waals surface area contributed by atoms with Crippen LogP contribution in [0.15, 0.2) is 36.7 Å². The number of anilines is 1. The molecule has 0 unspecified atom stereocenters. The lowest BCUT2D eigenvalue weighted by atomic mass is 10.2. The molecule has 0 saturated heterocycles. The summed E-state index contributed by atoms with van der Waals surface area (Å²) in [7, 11) is 0. The number of fused-ring (bicyclic) bond motifs is 1. The number of benzene rings is 1. The van der Waals surface area contributed by atoms with Gasteiger partial charge in [-0.2, -0.15) is 0 Å². The van der Waals surface area contributed by atoms with Gasteiger partial charge in [0.2, 0.25) is 0 Å². The number of pyridine rings is 1. The first-order valence-corrected chi connectivity index (χ1v) is 6.06. The van der Waals surface area contributed by atoms with Crippen molar-refractivity contribution in [2.75, 3.05) is 5.73 Å². The Morgan fingerprint density at radius 3 is 2.89 bits per heavy atom. The van der Waals surface area contributed by atoms with Crippen LogP contribution in [0.5, 0.6) is 0 Å². The number of aromatic nitrogens is 3. The van der Waals surface area contributed by atoms with Gasteiger partial charge >= 0.3 is 0 Å². The second-order valence-corrected chi connectivity index (χ2v) is 4.28. The van der Waals surface area contributed by atoms with E-state index < -0.39 is 0 Å². The first-order chi connectivity index (χ1) is 9.20. The maximum absolute atomic E-state index is 13.3. The molecule has 96 valence electrons. The molecule has 0 amide bonds. The normalized spacial score (nSPS) is 11.1. The van der Waals surface area contributed by atoms with Gasteiger partial charge in [0.25, 0.3) is 0 Å². The fourth-order valence-corrected chi connectivity index (χ4v) is 2.24. The standard InChI is InChI=1S/C14H13FN4/c1-2-19-13-4-3-9(15)7-12(13)18-14(19)10-5-6-17-8-11(10)16/h3-8H,2,16H2,1H3. The Bertz CT molecular complexity index is 748. The molecule has 2 N–H and O–H groups in total. The van der Waals surface area contributed by atoms with Gasteiger partial charge in [0.05, 0.1) is 22.9 Å². The third-order valence-corrected chi connectivity index (χ3v) is 3.12. The van der Waals surface area contributed by atoms with E-state index in [1.165, 1.54) is 12.1 Å². The molecule has 3 rings (SSSR count). The second kappa shape index (κ2) is 4.35. The van der Waals surface area contributed by atoms with Crippen molar-refractivity contribution in [3.63, 3.8) is 0 Å². The quantitative estimate of drug-likeness (QED) is 0.767. The molecule has 0 atom stereocenters. The molecule has 2 aromatic heterocycles. The van der Waals surface area contributed by atoms with Crippen molar-refractivity contribution in [2.24, 2.45) is 0 Å². The van der Waals surface area contributed by atoms with E-state index in [-0.39, 0.29) is 5.82 Å². The number of imidazole rings is 1. The highest BCUT2D eigenvalue weighted by Crippen LogP contribution is 2.28. The van der Waals surface area contributed by atoms with Crippen molar-refractivity contribution in [1.82, 2.24) is 14.5 Å². The molecule has 0 aliphatic rings. The highest BCUT2D eigenvalue weighted by atomic mass is 19.1. The van der Waals surface area contributed by atoms with Crippen molar-refractivity contribution in [3.05, 3.63) is 42.5 Å². The van der Waals surface area contributed by atoms with E-state index in [1.54, 1.807) is 18.5 Å². The molecule has 0 fully saturated rings. The molecular formula is C14H13FN4. The van der Waals surface area contributed by atoms with Gasteiger partial charge < -0.3 is 10.3 Å². The number of halogens is 1. The van der Waals surface area contributed by atoms with Gasteiger partial charge in [-0.3, -0.25) is 4.98 Å². The van der Waals surface area contributed by atoms with Gasteiger partial charge in [-0.05, 0) is 25.1 Å². The molecule has 0 saturated carbocycles. The lowest BCUT2D eigenvalue weighted by Crippen LogP contribution is -2.00. The second-order valence-electron chi connectivity index (χ2n) is 4.28. The molecule has 0 aliphatic heterocycles. The average Bonchev–Trinajstić information content (AvgIpc) is 2.76. The fourth-order valence-electron chi connectivity index (χ4n) is 2.24. The Labute approximate surface area is 109 Å². The first kappa shape index (κ1) is 11.6. The summed E-state index contributed by atoms with van der Waals surface area (Å²) in [5, 5.41) is 0. The molecule has 19 heavy (non-hydrogen) atoms. The average molecular weight is 256 g/mol. The zero-order chi connectivity index (χ0) is 13.4. The van der Waals surface area contributed by atoms with Crippen LogP contribution in [0.2, 0.25) is 0 Å². The summed E-state index contributed by atoms with van der Waals surface area (Å²) in [6.45, 7) is 2.75. The van der Waals surface area contributed by atoms with E-state index >= 15 is 0 Å². The molecule has 5 heteroatoms. The van der Waals surface area contributed by atoms with Crippen LogP contribution in [0, 0.1) is 5.82 Å². The number of nitrogens with zero attached hydrogens (tertiary/aromatic N) is 3. The highest BCUT2D eigenvalue weighted by Gasteiger charge is 2.13. The van der Waals surface area contributed by atoms with Crippen molar-refractivity contribution in [2.45, 2.75) is 13.5 Å². The number of nitrogen functional groups attached to an aromatic ring is 1. The van der Waals surface area contributed by atoms with Crippen LogP contribution in [0.25, 0.3) is 22.4 Å². The molecule has 2 heterocycles. The maximum atomic E-state index is 13.3. The van der Waals surface area contributed by atoms with Gasteiger partial charge in [0.15, 0.2) is 0 Å². The van der Waals surface area contributed by atoms with E-state index in [1.807, 2.05) is 17.6 Å². The Hall–Kier alpha value is -2.43. The van der Waals surface area contributed by atoms with Crippen LogP contribution >= 0.6 is 0 Å². The molecule has 1 aromatic carbocycles. The minimum atomic E-state index is -0.289. The van der Waals surface area contributed by atoms with E-state index in [9.17, 15) is 4.39 Å². The topological polar surface area (TPSA) is 56.7 Å². The van der Waals surface area contributed by atoms with E-state index in [4.69, 9.17) is 5.73 Å². The number of hydrogen-bond donors (Lipinski definition) is 1. The van der Waals surface area contributed by atoms with Gasteiger partial charge in [0, 0.05) is 24.4 Å². The Balaban J connectivity index is 2.32. The Kier molecular flexibility index (Phi) is 2.67. The number of hydrogen-bond acceptors (Lipinski definition) is 3. The SMILES string of the molecule is CCn1c(-c2ccncc2N)nc2cc(F)ccc21. The molecule has 0 aliphatic carbocycles. The van der Waals surface area contributed by atoms with Gasteiger partial charge in [-0.15, -0.1) is 0 Å². The predicted octanol–water partition coefficient (Wildman–Crippen LogP) is 2.84. The molecule has 0 spiro atoms. The third-order valence-electron chi connectivity index (χ3n) is 3.12. The minimum absolute atomic E-state index is 0.289. The van der Waals surface area contributed by atoms with E-state index in [0.29, 0.717) is 11.2 Å². The van der Waals surface area contributed by atoms with Crippen LogP contribution in [-0.4, -0.2) is 14.5 Å². The number of aryl methyl sites for hydroxylation is 1. The zero-order valence-corrected chi connectivity index (χ0v) is 10.5. The van der Waals surface area contributed by atoms with Gasteiger partial charge in [-0.25, -0.2) is 9.37 Å². The lowest BCUT2D eigenvalue weighted by molar-refractivity contribution is 0.629. The van der Waals surface area contributed by atoms with Crippen molar-refractivity contribution in [3.8, 4) is 11.4 Å². The van der Waals surface area contributed by atoms with Crippen LogP contribution in [0.1, 0.15) is 6.92 Å². The molecular weight excluding hydrogens is 243 g/mol. The van der Waals surface area contributed by atoms with E-state index in [2.05, 4.69) is 9.97 Å². The van der Waals surface area contributed by atoms with Crippen LogP contribution in [0.3, 0.4) is 0 Å². The molecule has 0 bridgehead atoms. The summed E-state index contributed by atoms with van der Waals surface area (Å²) in [6, 6.07) is 6.43. The largest absolute Gasteiger partial charge is 0.397 e. The minimum Gasteiger partial charge on any atom is -0.397 e. The first-order valence-electron chi connectivity index (χ1n) is 6.06. The van der Waals surface area contributed by atoms with Gasteiger partial charge in [-0.1, -0.05) is 0 Å². The summed E-state index contributed by atoms with van der Waals surface area (Å²) in [6.07, 6.45) is 3.26. The van der Waals surface area contributed by atoms with Crippen molar-refractivity contribution in [1.29, 1.82) is 0 Å². The Morgan fingerprint density at radius 1 is 1.32 bits per heavy atom. The van der Waals surface area contributed by atoms with Gasteiger partial charge in [0.1, 0.15) is 11.6 Å². The molecule has 0 radical (unpaired) electrons. The number of nitrogens with two attached hydrogens (primary N) is 1. The lowest BCUT2D eigenvalue weighted by Gasteiger charge is -2.07. The van der Waals surface area contributed by atoms with Crippen molar-refractivity contribution >= 4 is 16.7 Å². The fraction of sp³-hybridized carbons (Fsp3) is 0.143. The summed E-state index contributed by atoms with van der Waals surface area (Å²) in [4.78, 5) is 8.46. The molecule has 4 nitrogen and oxygen atoms in total. The van der Waals surface area contributed by atoms with Crippen molar-refractivity contribution < 1.29 is 4.39 Å². The van der Waals surface area contributed by atoms with Crippen LogP contribution in [-0.2, 0) is 6.54 Å². The maximum Gasteiger partial charge on any atom is 0.143 e. The third kappa shape index (κ3) is 1.83.